The fourth-order valence-electron chi connectivity index (χ4n) is 2.68. The maximum absolute atomic E-state index is 12.9. The molecule has 0 fully saturated rings. The summed E-state index contributed by atoms with van der Waals surface area (Å²) in [5, 5.41) is 2.75. The third kappa shape index (κ3) is 4.32. The van der Waals surface area contributed by atoms with E-state index in [1.807, 2.05) is 6.07 Å². The van der Waals surface area contributed by atoms with E-state index in [0.29, 0.717) is 22.7 Å². The van der Waals surface area contributed by atoms with Crippen LogP contribution in [0.3, 0.4) is 0 Å². The van der Waals surface area contributed by atoms with Crippen LogP contribution in [0.1, 0.15) is 15.9 Å². The molecule has 3 aromatic carbocycles. The van der Waals surface area contributed by atoms with Gasteiger partial charge in [-0.15, -0.1) is 0 Å². The van der Waals surface area contributed by atoms with Gasteiger partial charge in [0.05, 0.1) is 17.7 Å². The van der Waals surface area contributed by atoms with Gasteiger partial charge in [0.15, 0.2) is 0 Å². The van der Waals surface area contributed by atoms with Gasteiger partial charge in [0, 0.05) is 11.3 Å². The lowest BCUT2D eigenvalue weighted by molar-refractivity contribution is 0.102. The lowest BCUT2D eigenvalue weighted by Gasteiger charge is -2.14. The van der Waals surface area contributed by atoms with Crippen LogP contribution in [0.25, 0.3) is 0 Å². The molecule has 0 atom stereocenters. The molecule has 0 radical (unpaired) electrons. The van der Waals surface area contributed by atoms with Crippen molar-refractivity contribution in [1.82, 2.24) is 0 Å². The van der Waals surface area contributed by atoms with Crippen LogP contribution in [0.4, 0.5) is 11.4 Å². The Hall–Kier alpha value is -3.32. The summed E-state index contributed by atoms with van der Waals surface area (Å²) < 4.78 is 33.6. The first-order chi connectivity index (χ1) is 13.4. The van der Waals surface area contributed by atoms with Crippen molar-refractivity contribution in [3.05, 3.63) is 83.9 Å². The lowest BCUT2D eigenvalue weighted by Crippen LogP contribution is -2.17. The predicted octanol–water partition coefficient (Wildman–Crippen LogP) is 4.06. The Morgan fingerprint density at radius 2 is 1.61 bits per heavy atom. The van der Waals surface area contributed by atoms with Crippen molar-refractivity contribution >= 4 is 27.3 Å². The number of hydrogen-bond donors (Lipinski definition) is 2. The summed E-state index contributed by atoms with van der Waals surface area (Å²) >= 11 is 0. The molecule has 0 unspecified atom stereocenters. The number of anilines is 2. The van der Waals surface area contributed by atoms with Gasteiger partial charge in [0.25, 0.3) is 15.9 Å². The first-order valence-corrected chi connectivity index (χ1v) is 10.0. The minimum Gasteiger partial charge on any atom is -0.495 e. The van der Waals surface area contributed by atoms with Gasteiger partial charge in [-0.1, -0.05) is 36.4 Å². The second-order valence-corrected chi connectivity index (χ2v) is 7.76. The molecule has 0 saturated carbocycles. The van der Waals surface area contributed by atoms with Gasteiger partial charge in [-0.05, 0) is 48.9 Å². The quantitative estimate of drug-likeness (QED) is 0.658. The van der Waals surface area contributed by atoms with E-state index in [0.717, 1.165) is 0 Å². The zero-order chi connectivity index (χ0) is 20.1. The summed E-state index contributed by atoms with van der Waals surface area (Å²) in [7, 11) is -2.45. The monoisotopic (exact) mass is 396 g/mol. The number of sulfonamides is 1. The Bertz CT molecular complexity index is 1100. The number of nitrogens with one attached hydrogen (secondary N) is 2. The summed E-state index contributed by atoms with van der Waals surface area (Å²) in [5.41, 5.74) is 1.72. The van der Waals surface area contributed by atoms with Gasteiger partial charge in [0.2, 0.25) is 0 Å². The summed E-state index contributed by atoms with van der Waals surface area (Å²) in [5.74, 6) is 0.0154. The molecule has 28 heavy (non-hydrogen) atoms. The number of para-hydroxylation sites is 3. The zero-order valence-corrected chi connectivity index (χ0v) is 16.3. The van der Waals surface area contributed by atoms with Crippen LogP contribution in [0.15, 0.2) is 77.7 Å². The van der Waals surface area contributed by atoms with Gasteiger partial charge in [0.1, 0.15) is 5.75 Å². The number of ether oxygens (including phenoxy) is 1. The van der Waals surface area contributed by atoms with Crippen LogP contribution >= 0.6 is 0 Å². The molecule has 144 valence electrons. The standard InChI is InChI=1S/C21H20N2O4S/c1-15-12-13-16(21(24)22-17-8-4-3-5-9-17)14-20(15)28(25,26)23-18-10-6-7-11-19(18)27-2/h3-14,23H,1-2H3,(H,22,24). The topological polar surface area (TPSA) is 84.5 Å². The van der Waals surface area contributed by atoms with Crippen LogP contribution in [-0.2, 0) is 10.0 Å². The molecule has 0 aliphatic rings. The van der Waals surface area contributed by atoms with Gasteiger partial charge in [-0.3, -0.25) is 9.52 Å². The molecule has 0 aromatic heterocycles. The summed E-state index contributed by atoms with van der Waals surface area (Å²) in [4.78, 5) is 12.5. The van der Waals surface area contributed by atoms with Gasteiger partial charge in [-0.25, -0.2) is 8.42 Å². The Morgan fingerprint density at radius 3 is 2.32 bits per heavy atom. The highest BCUT2D eigenvalue weighted by atomic mass is 32.2. The molecule has 0 heterocycles. The third-order valence-corrected chi connectivity index (χ3v) is 5.63. The minimum absolute atomic E-state index is 0.0270. The van der Waals surface area contributed by atoms with E-state index in [-0.39, 0.29) is 16.4 Å². The van der Waals surface area contributed by atoms with Crippen molar-refractivity contribution in [2.75, 3.05) is 17.1 Å². The molecule has 3 rings (SSSR count). The van der Waals surface area contributed by atoms with E-state index in [9.17, 15) is 13.2 Å². The van der Waals surface area contributed by atoms with Crippen molar-refractivity contribution in [1.29, 1.82) is 0 Å². The highest BCUT2D eigenvalue weighted by molar-refractivity contribution is 7.92. The van der Waals surface area contributed by atoms with Crippen molar-refractivity contribution in [2.45, 2.75) is 11.8 Å². The molecular formula is C21H20N2O4S. The number of carbonyl (C=O) groups excluding carboxylic acids is 1. The fourth-order valence-corrected chi connectivity index (χ4v) is 4.03. The largest absolute Gasteiger partial charge is 0.495 e. The van der Waals surface area contributed by atoms with Crippen LogP contribution in [0.2, 0.25) is 0 Å². The number of carbonyl (C=O) groups is 1. The summed E-state index contributed by atoms with van der Waals surface area (Å²) in [6.45, 7) is 1.68. The molecule has 0 aliphatic carbocycles. The van der Waals surface area contributed by atoms with E-state index >= 15 is 0 Å². The Morgan fingerprint density at radius 1 is 0.929 bits per heavy atom. The summed E-state index contributed by atoms with van der Waals surface area (Å²) in [6, 6.07) is 20.3. The number of aryl methyl sites for hydroxylation is 1. The first-order valence-electron chi connectivity index (χ1n) is 8.53. The van der Waals surface area contributed by atoms with E-state index in [4.69, 9.17) is 4.74 Å². The third-order valence-electron chi connectivity index (χ3n) is 4.12. The lowest BCUT2D eigenvalue weighted by atomic mass is 10.1. The van der Waals surface area contributed by atoms with Crippen LogP contribution in [-0.4, -0.2) is 21.4 Å². The van der Waals surface area contributed by atoms with Crippen molar-refractivity contribution < 1.29 is 17.9 Å². The number of hydrogen-bond acceptors (Lipinski definition) is 4. The zero-order valence-electron chi connectivity index (χ0n) is 15.5. The average Bonchev–Trinajstić information content (AvgIpc) is 2.69. The highest BCUT2D eigenvalue weighted by Gasteiger charge is 2.20. The summed E-state index contributed by atoms with van der Waals surface area (Å²) in [6.07, 6.45) is 0. The second-order valence-electron chi connectivity index (χ2n) is 6.11. The smallest absolute Gasteiger partial charge is 0.262 e. The van der Waals surface area contributed by atoms with Crippen LogP contribution in [0, 0.1) is 6.92 Å². The van der Waals surface area contributed by atoms with Crippen LogP contribution in [0.5, 0.6) is 5.75 Å². The molecule has 3 aromatic rings. The van der Waals surface area contributed by atoms with Gasteiger partial charge in [-0.2, -0.15) is 0 Å². The molecule has 0 saturated heterocycles. The number of benzene rings is 3. The molecule has 7 heteroatoms. The molecule has 0 spiro atoms. The first kappa shape index (κ1) is 19.4. The normalized spacial score (nSPS) is 10.9. The number of methoxy groups -OCH3 is 1. The van der Waals surface area contributed by atoms with Crippen LogP contribution < -0.4 is 14.8 Å². The highest BCUT2D eigenvalue weighted by Crippen LogP contribution is 2.27. The van der Waals surface area contributed by atoms with E-state index < -0.39 is 10.0 Å². The molecule has 0 bridgehead atoms. The molecule has 1 amide bonds. The van der Waals surface area contributed by atoms with E-state index in [1.54, 1.807) is 67.6 Å². The Labute approximate surface area is 164 Å². The Kier molecular flexibility index (Phi) is 5.65. The second kappa shape index (κ2) is 8.14. The maximum atomic E-state index is 12.9. The number of rotatable bonds is 6. The van der Waals surface area contributed by atoms with Gasteiger partial charge >= 0.3 is 0 Å². The van der Waals surface area contributed by atoms with E-state index in [2.05, 4.69) is 10.0 Å². The minimum atomic E-state index is -3.92. The van der Waals surface area contributed by atoms with E-state index in [1.165, 1.54) is 13.2 Å². The molecule has 6 nitrogen and oxygen atoms in total. The number of amides is 1. The van der Waals surface area contributed by atoms with Gasteiger partial charge < -0.3 is 10.1 Å². The van der Waals surface area contributed by atoms with Crippen molar-refractivity contribution in [3.8, 4) is 5.75 Å². The molecule has 2 N–H and O–H groups in total. The molecular weight excluding hydrogens is 376 g/mol. The molecule has 0 aliphatic heterocycles. The maximum Gasteiger partial charge on any atom is 0.262 e. The fraction of sp³-hybridized carbons (Fsp3) is 0.0952. The SMILES string of the molecule is COc1ccccc1NS(=O)(=O)c1cc(C(=O)Nc2ccccc2)ccc1C. The predicted molar refractivity (Wildman–Crippen MR) is 109 cm³/mol. The van der Waals surface area contributed by atoms with Crippen molar-refractivity contribution in [2.24, 2.45) is 0 Å². The average molecular weight is 396 g/mol. The Balaban J connectivity index is 1.91. The van der Waals surface area contributed by atoms with Crippen molar-refractivity contribution in [3.63, 3.8) is 0 Å².